The highest BCUT2D eigenvalue weighted by Gasteiger charge is 2.65. The topological polar surface area (TPSA) is 116 Å². The van der Waals surface area contributed by atoms with E-state index < -0.39 is 52.3 Å². The molecule has 1 aromatic carbocycles. The van der Waals surface area contributed by atoms with E-state index in [2.05, 4.69) is 0 Å². The van der Waals surface area contributed by atoms with Crippen molar-refractivity contribution >= 4 is 22.1 Å². The number of hydrogen-bond donors (Lipinski definition) is 1. The van der Waals surface area contributed by atoms with E-state index in [1.807, 2.05) is 0 Å². The van der Waals surface area contributed by atoms with Crippen molar-refractivity contribution in [3.63, 3.8) is 0 Å². The summed E-state index contributed by atoms with van der Waals surface area (Å²) in [5.41, 5.74) is -0.718. The fraction of sp³-hybridized carbons (Fsp3) is 0.556. The average molecular weight is 472 g/mol. The second-order valence-corrected chi connectivity index (χ2v) is 8.98. The third-order valence-electron chi connectivity index (χ3n) is 4.39. The highest BCUT2D eigenvalue weighted by atomic mass is 32.2. The maximum Gasteiger partial charge on any atom is 0.431 e. The van der Waals surface area contributed by atoms with Gasteiger partial charge in [0.05, 0.1) is 25.0 Å². The third-order valence-corrected chi connectivity index (χ3v) is 5.34. The van der Waals surface area contributed by atoms with Crippen LogP contribution in [0.25, 0.3) is 0 Å². The first-order valence-electron chi connectivity index (χ1n) is 8.93. The summed E-state index contributed by atoms with van der Waals surface area (Å²) in [5, 5.41) is -5.68. The molecule has 0 saturated carbocycles. The zero-order valence-corrected chi connectivity index (χ0v) is 17.3. The Kier molecular flexibility index (Phi) is 7.03. The van der Waals surface area contributed by atoms with Crippen molar-refractivity contribution in [3.05, 3.63) is 23.8 Å². The van der Waals surface area contributed by atoms with E-state index in [1.54, 1.807) is 0 Å². The Morgan fingerprint density at radius 2 is 1.84 bits per heavy atom. The molecule has 0 fully saturated rings. The molecule has 2 rings (SSSR count). The van der Waals surface area contributed by atoms with Gasteiger partial charge in [-0.1, -0.05) is 0 Å². The lowest BCUT2D eigenvalue weighted by molar-refractivity contribution is -0.173. The summed E-state index contributed by atoms with van der Waals surface area (Å²) < 4.78 is 97.5. The molecule has 1 heterocycles. The predicted octanol–water partition coefficient (Wildman–Crippen LogP) is 2.99. The minimum absolute atomic E-state index is 0.147. The summed E-state index contributed by atoms with van der Waals surface area (Å²) in [6.07, 6.45) is -1.14. The van der Waals surface area contributed by atoms with Crippen molar-refractivity contribution in [3.8, 4) is 11.5 Å². The molecule has 31 heavy (non-hydrogen) atoms. The van der Waals surface area contributed by atoms with Gasteiger partial charge in [-0.05, 0) is 44.0 Å². The summed E-state index contributed by atoms with van der Waals surface area (Å²) in [6, 6.07) is 4.36. The van der Waals surface area contributed by atoms with E-state index in [-0.39, 0.29) is 18.1 Å². The molecule has 0 radical (unpaired) electrons. The number of alkyl halides is 4. The quantitative estimate of drug-likeness (QED) is 0.192. The fourth-order valence-electron chi connectivity index (χ4n) is 2.49. The second kappa shape index (κ2) is 8.71. The number of rotatable bonds is 9. The predicted molar refractivity (Wildman–Crippen MR) is 96.7 cm³/mol. The Bertz CT molecular complexity index is 959. The van der Waals surface area contributed by atoms with Crippen molar-refractivity contribution in [2.24, 2.45) is 5.41 Å². The number of fused-ring (bicyclic) bond motifs is 1. The van der Waals surface area contributed by atoms with Gasteiger partial charge in [0.15, 0.2) is 0 Å². The Balaban J connectivity index is 1.91. The molecular weight excluding hydrogens is 452 g/mol. The van der Waals surface area contributed by atoms with Gasteiger partial charge in [-0.25, -0.2) is 0 Å². The summed E-state index contributed by atoms with van der Waals surface area (Å²) in [4.78, 5) is 23.6. The standard InChI is InChI=1S/C18H20F4O8S/c1-16(2,10-28-8-7-17(19,20)18(21,22)31(25,26)27)15(24)29-12-4-5-13-11(9-12)3-6-14(23)30-13/h4-5,9H,3,6-8,10H2,1-2H3,(H,25,26,27). The van der Waals surface area contributed by atoms with Crippen LogP contribution in [0, 0.1) is 5.41 Å². The van der Waals surface area contributed by atoms with Gasteiger partial charge in [-0.15, -0.1) is 0 Å². The third kappa shape index (κ3) is 5.71. The van der Waals surface area contributed by atoms with Crippen LogP contribution in [0.2, 0.25) is 0 Å². The maximum atomic E-state index is 13.4. The molecule has 1 N–H and O–H groups in total. The molecule has 13 heteroatoms. The molecule has 1 aromatic rings. The molecule has 174 valence electrons. The van der Waals surface area contributed by atoms with Crippen LogP contribution in [-0.2, 0) is 30.9 Å². The molecule has 0 aliphatic carbocycles. The Morgan fingerprint density at radius 3 is 2.45 bits per heavy atom. The first kappa shape index (κ1) is 25.0. The Morgan fingerprint density at radius 1 is 1.19 bits per heavy atom. The first-order chi connectivity index (χ1) is 14.1. The van der Waals surface area contributed by atoms with Crippen LogP contribution >= 0.6 is 0 Å². The molecule has 0 atom stereocenters. The van der Waals surface area contributed by atoms with Crippen LogP contribution in [-0.4, -0.2) is 49.3 Å². The van der Waals surface area contributed by atoms with Gasteiger partial charge in [-0.3, -0.25) is 14.1 Å². The molecule has 0 unspecified atom stereocenters. The van der Waals surface area contributed by atoms with Crippen molar-refractivity contribution in [1.29, 1.82) is 0 Å². The minimum atomic E-state index is -6.32. The highest BCUT2D eigenvalue weighted by molar-refractivity contribution is 7.87. The molecule has 0 amide bonds. The number of aryl methyl sites for hydroxylation is 1. The van der Waals surface area contributed by atoms with E-state index in [1.165, 1.54) is 32.0 Å². The first-order valence-corrected chi connectivity index (χ1v) is 10.4. The van der Waals surface area contributed by atoms with E-state index in [4.69, 9.17) is 18.8 Å². The molecule has 1 aliphatic rings. The van der Waals surface area contributed by atoms with E-state index in [0.717, 1.165) is 0 Å². The summed E-state index contributed by atoms with van der Waals surface area (Å²) in [7, 11) is -6.32. The normalized spacial score (nSPS) is 15.3. The molecule has 8 nitrogen and oxygen atoms in total. The van der Waals surface area contributed by atoms with Crippen LogP contribution in [0.15, 0.2) is 18.2 Å². The van der Waals surface area contributed by atoms with Crippen LogP contribution in [0.1, 0.15) is 32.3 Å². The lowest BCUT2D eigenvalue weighted by Gasteiger charge is -2.25. The van der Waals surface area contributed by atoms with Crippen molar-refractivity contribution in [1.82, 2.24) is 0 Å². The van der Waals surface area contributed by atoms with Crippen LogP contribution in [0.5, 0.6) is 11.5 Å². The summed E-state index contributed by atoms with van der Waals surface area (Å²) in [6.45, 7) is 1.21. The largest absolute Gasteiger partial charge is 0.431 e. The van der Waals surface area contributed by atoms with E-state index in [9.17, 15) is 35.6 Å². The summed E-state index contributed by atoms with van der Waals surface area (Å²) >= 11 is 0. The van der Waals surface area contributed by atoms with Crippen molar-refractivity contribution in [2.45, 2.75) is 44.3 Å². The highest BCUT2D eigenvalue weighted by Crippen LogP contribution is 2.40. The minimum Gasteiger partial charge on any atom is -0.426 e. The van der Waals surface area contributed by atoms with Gasteiger partial charge >= 0.3 is 33.2 Å². The number of hydrogen-bond acceptors (Lipinski definition) is 7. The van der Waals surface area contributed by atoms with E-state index >= 15 is 0 Å². The lowest BCUT2D eigenvalue weighted by atomic mass is 9.95. The molecule has 0 bridgehead atoms. The molecule has 0 aromatic heterocycles. The number of esters is 2. The van der Waals surface area contributed by atoms with Gasteiger partial charge in [0.25, 0.3) is 0 Å². The number of benzene rings is 1. The molecule has 0 saturated heterocycles. The van der Waals surface area contributed by atoms with Gasteiger partial charge in [-0.2, -0.15) is 26.0 Å². The zero-order chi connectivity index (χ0) is 23.7. The fourth-order valence-corrected chi connectivity index (χ4v) is 2.97. The molecule has 1 aliphatic heterocycles. The smallest absolute Gasteiger partial charge is 0.426 e. The van der Waals surface area contributed by atoms with Crippen molar-refractivity contribution in [2.75, 3.05) is 13.2 Å². The summed E-state index contributed by atoms with van der Waals surface area (Å²) in [5.74, 6) is -5.78. The van der Waals surface area contributed by atoms with Gasteiger partial charge < -0.3 is 14.2 Å². The number of halogens is 4. The Hall–Kier alpha value is -2.25. The maximum absolute atomic E-state index is 13.4. The SMILES string of the molecule is CC(C)(COCCC(F)(F)C(F)(F)S(=O)(=O)O)C(=O)Oc1ccc2c(c1)CCC(=O)O2. The Labute approximate surface area is 175 Å². The zero-order valence-electron chi connectivity index (χ0n) is 16.5. The van der Waals surface area contributed by atoms with Crippen LogP contribution in [0.3, 0.4) is 0 Å². The average Bonchev–Trinajstić information content (AvgIpc) is 2.64. The van der Waals surface area contributed by atoms with Gasteiger partial charge in [0.2, 0.25) is 0 Å². The lowest BCUT2D eigenvalue weighted by Crippen LogP contribution is -2.47. The number of carbonyl (C=O) groups excluding carboxylic acids is 2. The number of carbonyl (C=O) groups is 2. The second-order valence-electron chi connectivity index (χ2n) is 7.52. The molecule has 0 spiro atoms. The number of ether oxygens (including phenoxy) is 3. The van der Waals surface area contributed by atoms with E-state index in [0.29, 0.717) is 17.7 Å². The van der Waals surface area contributed by atoms with Crippen LogP contribution in [0.4, 0.5) is 17.6 Å². The van der Waals surface area contributed by atoms with Gasteiger partial charge in [0, 0.05) is 6.42 Å². The van der Waals surface area contributed by atoms with Crippen LogP contribution < -0.4 is 9.47 Å². The van der Waals surface area contributed by atoms with Crippen molar-refractivity contribution < 1.29 is 54.3 Å². The monoisotopic (exact) mass is 472 g/mol. The van der Waals surface area contributed by atoms with Gasteiger partial charge in [0.1, 0.15) is 11.5 Å². The molecular formula is C18H20F4O8S.